The fourth-order valence-corrected chi connectivity index (χ4v) is 2.71. The fourth-order valence-electron chi connectivity index (χ4n) is 2.42. The van der Waals surface area contributed by atoms with Gasteiger partial charge in [0.2, 0.25) is 0 Å². The lowest BCUT2D eigenvalue weighted by atomic mass is 10.1. The molecule has 0 spiro atoms. The zero-order chi connectivity index (χ0) is 15.7. The Morgan fingerprint density at radius 2 is 1.55 bits per heavy atom. The van der Waals surface area contributed by atoms with Gasteiger partial charge in [-0.1, -0.05) is 71.8 Å². The van der Waals surface area contributed by atoms with Crippen LogP contribution in [0.2, 0.25) is 0 Å². The van der Waals surface area contributed by atoms with Gasteiger partial charge in [0.15, 0.2) is 0 Å². The summed E-state index contributed by atoms with van der Waals surface area (Å²) in [5.74, 6) is -0.784. The molecule has 1 heterocycles. The van der Waals surface area contributed by atoms with Crippen LogP contribution in [0.4, 0.5) is 0 Å². The molecule has 4 heteroatoms. The van der Waals surface area contributed by atoms with Crippen molar-refractivity contribution in [2.45, 2.75) is 13.5 Å². The molecule has 3 rings (SSSR count). The fraction of sp³-hybridized carbons (Fsp3) is 0.111. The molecule has 0 atom stereocenters. The van der Waals surface area contributed by atoms with Gasteiger partial charge in [-0.2, -0.15) is 0 Å². The Morgan fingerprint density at radius 1 is 0.909 bits per heavy atom. The third-order valence-electron chi connectivity index (χ3n) is 3.64. The number of imide groups is 1. The quantitative estimate of drug-likeness (QED) is 0.813. The second kappa shape index (κ2) is 5.78. The predicted octanol–water partition coefficient (Wildman–Crippen LogP) is 3.51. The molecule has 0 N–H and O–H groups in total. The smallest absolute Gasteiger partial charge is 0.269 e. The van der Waals surface area contributed by atoms with Crippen LogP contribution in [0, 0.1) is 6.92 Å². The van der Waals surface area contributed by atoms with E-state index in [1.165, 1.54) is 4.90 Å². The van der Waals surface area contributed by atoms with Crippen molar-refractivity contribution >= 4 is 29.0 Å². The molecule has 3 nitrogen and oxygen atoms in total. The molecule has 0 saturated carbocycles. The Hall–Kier alpha value is -2.39. The lowest BCUT2D eigenvalue weighted by molar-refractivity contribution is -0.137. The molecule has 2 aromatic carbocycles. The summed E-state index contributed by atoms with van der Waals surface area (Å²) in [6, 6.07) is 16.7. The first-order chi connectivity index (χ1) is 10.6. The minimum Gasteiger partial charge on any atom is -0.269 e. The van der Waals surface area contributed by atoms with E-state index < -0.39 is 5.91 Å². The molecule has 2 amide bonds. The molecule has 0 aromatic heterocycles. The lowest BCUT2D eigenvalue weighted by Gasteiger charge is -2.15. The van der Waals surface area contributed by atoms with Gasteiger partial charge in [0.05, 0.1) is 12.1 Å². The molecule has 2 aromatic rings. The molecule has 1 aliphatic rings. The van der Waals surface area contributed by atoms with Crippen molar-refractivity contribution in [2.75, 3.05) is 0 Å². The lowest BCUT2D eigenvalue weighted by Crippen LogP contribution is -2.30. The van der Waals surface area contributed by atoms with Crippen molar-refractivity contribution in [1.82, 2.24) is 4.90 Å². The summed E-state index contributed by atoms with van der Waals surface area (Å²) in [5, 5.41) is -0.0108. The number of halogens is 1. The monoisotopic (exact) mass is 311 g/mol. The second-order valence-electron chi connectivity index (χ2n) is 5.24. The van der Waals surface area contributed by atoms with E-state index in [0.29, 0.717) is 5.56 Å². The number of amides is 2. The average molecular weight is 312 g/mol. The van der Waals surface area contributed by atoms with Crippen molar-refractivity contribution in [3.63, 3.8) is 0 Å². The van der Waals surface area contributed by atoms with Crippen LogP contribution in [0.15, 0.2) is 59.6 Å². The third-order valence-corrected chi connectivity index (χ3v) is 3.99. The van der Waals surface area contributed by atoms with E-state index >= 15 is 0 Å². The van der Waals surface area contributed by atoms with E-state index in [-0.39, 0.29) is 23.1 Å². The molecule has 0 saturated heterocycles. The first-order valence-electron chi connectivity index (χ1n) is 6.95. The van der Waals surface area contributed by atoms with Crippen LogP contribution in [0.25, 0.3) is 5.57 Å². The standard InChI is InChI=1S/C18H14ClNO2/c1-12-7-9-13(10-8-12)11-20-17(21)15(16(19)18(20)22)14-5-3-2-4-6-14/h2-10H,11H2,1H3. The van der Waals surface area contributed by atoms with Crippen molar-refractivity contribution < 1.29 is 9.59 Å². The highest BCUT2D eigenvalue weighted by Gasteiger charge is 2.37. The van der Waals surface area contributed by atoms with Crippen LogP contribution in [-0.4, -0.2) is 16.7 Å². The molecule has 110 valence electrons. The van der Waals surface area contributed by atoms with E-state index in [9.17, 15) is 9.59 Å². The number of nitrogens with zero attached hydrogens (tertiary/aromatic N) is 1. The predicted molar refractivity (Wildman–Crippen MR) is 86.0 cm³/mol. The maximum atomic E-state index is 12.6. The highest BCUT2D eigenvalue weighted by atomic mass is 35.5. The van der Waals surface area contributed by atoms with Gasteiger partial charge < -0.3 is 0 Å². The van der Waals surface area contributed by atoms with E-state index in [4.69, 9.17) is 11.6 Å². The molecule has 22 heavy (non-hydrogen) atoms. The van der Waals surface area contributed by atoms with Crippen LogP contribution in [-0.2, 0) is 16.1 Å². The Kier molecular flexibility index (Phi) is 3.82. The van der Waals surface area contributed by atoms with Gasteiger partial charge in [-0.15, -0.1) is 0 Å². The summed E-state index contributed by atoms with van der Waals surface area (Å²) in [7, 11) is 0. The first-order valence-corrected chi connectivity index (χ1v) is 7.32. The van der Waals surface area contributed by atoms with Gasteiger partial charge in [-0.3, -0.25) is 14.5 Å². The van der Waals surface area contributed by atoms with E-state index in [1.54, 1.807) is 12.1 Å². The molecule has 0 radical (unpaired) electrons. The molecular weight excluding hydrogens is 298 g/mol. The number of rotatable bonds is 3. The summed E-state index contributed by atoms with van der Waals surface area (Å²) in [6.07, 6.45) is 0. The number of hydrogen-bond acceptors (Lipinski definition) is 2. The largest absolute Gasteiger partial charge is 0.273 e. The SMILES string of the molecule is Cc1ccc(CN2C(=O)C(Cl)=C(c3ccccc3)C2=O)cc1. The van der Waals surface area contributed by atoms with Gasteiger partial charge in [-0.05, 0) is 18.1 Å². The van der Waals surface area contributed by atoms with Gasteiger partial charge in [0.1, 0.15) is 5.03 Å². The Balaban J connectivity index is 1.89. The van der Waals surface area contributed by atoms with Crippen molar-refractivity contribution in [2.24, 2.45) is 0 Å². The van der Waals surface area contributed by atoms with Crippen LogP contribution in [0.3, 0.4) is 0 Å². The summed E-state index contributed by atoms with van der Waals surface area (Å²) >= 11 is 6.11. The Bertz CT molecular complexity index is 763. The van der Waals surface area contributed by atoms with Crippen LogP contribution in [0.5, 0.6) is 0 Å². The normalized spacial score (nSPS) is 14.9. The van der Waals surface area contributed by atoms with Gasteiger partial charge in [-0.25, -0.2) is 0 Å². The summed E-state index contributed by atoms with van der Waals surface area (Å²) < 4.78 is 0. The topological polar surface area (TPSA) is 37.4 Å². The molecule has 0 aliphatic carbocycles. The number of hydrogen-bond donors (Lipinski definition) is 0. The highest BCUT2D eigenvalue weighted by molar-refractivity contribution is 6.55. The number of aryl methyl sites for hydroxylation is 1. The summed E-state index contributed by atoms with van der Waals surface area (Å²) in [6.45, 7) is 2.21. The third kappa shape index (κ3) is 2.55. The number of carbonyl (C=O) groups is 2. The highest BCUT2D eigenvalue weighted by Crippen LogP contribution is 2.32. The minimum absolute atomic E-state index is 0.0108. The Morgan fingerprint density at radius 3 is 2.18 bits per heavy atom. The Labute approximate surface area is 133 Å². The average Bonchev–Trinajstić information content (AvgIpc) is 2.74. The molecule has 0 fully saturated rings. The van der Waals surface area contributed by atoms with Crippen molar-refractivity contribution in [3.05, 3.63) is 76.3 Å². The molecule has 1 aliphatic heterocycles. The van der Waals surface area contributed by atoms with Crippen molar-refractivity contribution in [3.8, 4) is 0 Å². The zero-order valence-electron chi connectivity index (χ0n) is 12.0. The van der Waals surface area contributed by atoms with E-state index in [2.05, 4.69) is 0 Å². The zero-order valence-corrected chi connectivity index (χ0v) is 12.8. The minimum atomic E-state index is -0.439. The maximum absolute atomic E-state index is 12.6. The second-order valence-corrected chi connectivity index (χ2v) is 5.62. The van der Waals surface area contributed by atoms with Crippen LogP contribution < -0.4 is 0 Å². The number of benzene rings is 2. The van der Waals surface area contributed by atoms with E-state index in [0.717, 1.165) is 11.1 Å². The van der Waals surface area contributed by atoms with Crippen LogP contribution in [0.1, 0.15) is 16.7 Å². The summed E-state index contributed by atoms with van der Waals surface area (Å²) in [4.78, 5) is 26.0. The molecular formula is C18H14ClNO2. The van der Waals surface area contributed by atoms with Gasteiger partial charge in [0.25, 0.3) is 11.8 Å². The summed E-state index contributed by atoms with van der Waals surface area (Å²) in [5.41, 5.74) is 2.96. The molecule has 0 bridgehead atoms. The first kappa shape index (κ1) is 14.5. The van der Waals surface area contributed by atoms with Gasteiger partial charge in [0, 0.05) is 0 Å². The van der Waals surface area contributed by atoms with Crippen molar-refractivity contribution in [1.29, 1.82) is 0 Å². The molecule has 0 unspecified atom stereocenters. The van der Waals surface area contributed by atoms with Gasteiger partial charge >= 0.3 is 0 Å². The van der Waals surface area contributed by atoms with Crippen LogP contribution >= 0.6 is 11.6 Å². The van der Waals surface area contributed by atoms with E-state index in [1.807, 2.05) is 49.4 Å². The maximum Gasteiger partial charge on any atom is 0.273 e. The number of carbonyl (C=O) groups excluding carboxylic acids is 2.